The number of carbonyl (C=O) groups is 1. The molecule has 20 heavy (non-hydrogen) atoms. The van der Waals surface area contributed by atoms with E-state index < -0.39 is 5.69 Å². The number of rotatable bonds is 4. The van der Waals surface area contributed by atoms with Crippen molar-refractivity contribution in [3.05, 3.63) is 46.0 Å². The summed E-state index contributed by atoms with van der Waals surface area (Å²) in [7, 11) is 2.97. The number of anilines is 1. The van der Waals surface area contributed by atoms with Crippen molar-refractivity contribution in [1.29, 1.82) is 0 Å². The molecule has 3 N–H and O–H groups in total. The molecule has 0 fully saturated rings. The van der Waals surface area contributed by atoms with Gasteiger partial charge in [0.2, 0.25) is 0 Å². The van der Waals surface area contributed by atoms with E-state index in [2.05, 4.69) is 9.97 Å². The van der Waals surface area contributed by atoms with Gasteiger partial charge in [-0.05, 0) is 12.1 Å². The lowest BCUT2D eigenvalue weighted by Crippen LogP contribution is -2.17. The molecule has 0 atom stereocenters. The van der Waals surface area contributed by atoms with Gasteiger partial charge < -0.3 is 15.2 Å². The fourth-order valence-corrected chi connectivity index (χ4v) is 1.68. The minimum Gasteiger partial charge on any atom is -0.497 e. The number of ketones is 1. The largest absolute Gasteiger partial charge is 0.497 e. The first-order valence-corrected chi connectivity index (χ1v) is 5.67. The smallest absolute Gasteiger partial charge is 0.346 e. The van der Waals surface area contributed by atoms with Crippen LogP contribution in [0.5, 0.6) is 11.5 Å². The number of nitrogens with two attached hydrogens (primary N) is 1. The van der Waals surface area contributed by atoms with E-state index in [-0.39, 0.29) is 17.2 Å². The summed E-state index contributed by atoms with van der Waals surface area (Å²) in [6.07, 6.45) is 1.14. The van der Waals surface area contributed by atoms with E-state index in [1.54, 1.807) is 18.2 Å². The highest BCUT2D eigenvalue weighted by molar-refractivity contribution is 6.11. The maximum atomic E-state index is 12.4. The summed E-state index contributed by atoms with van der Waals surface area (Å²) in [5.74, 6) is 0.535. The summed E-state index contributed by atoms with van der Waals surface area (Å²) in [6.45, 7) is 0. The molecule has 7 nitrogen and oxygen atoms in total. The number of carbonyl (C=O) groups excluding carboxylic acids is 1. The maximum Gasteiger partial charge on any atom is 0.346 e. The first kappa shape index (κ1) is 13.6. The van der Waals surface area contributed by atoms with Gasteiger partial charge in [0, 0.05) is 17.8 Å². The highest BCUT2D eigenvalue weighted by atomic mass is 16.5. The molecule has 1 heterocycles. The standard InChI is InChI=1S/C13H13N3O4/c1-19-8-3-7(4-9(5-8)20-2)11(17)10-6-15-13(18)16-12(10)14/h3-6H,1-2H3,(H3,14,15,16,18). The van der Waals surface area contributed by atoms with Crippen LogP contribution in [-0.2, 0) is 0 Å². The molecule has 1 aromatic heterocycles. The number of aromatic nitrogens is 2. The Bertz CT molecular complexity index is 687. The van der Waals surface area contributed by atoms with E-state index >= 15 is 0 Å². The summed E-state index contributed by atoms with van der Waals surface area (Å²) in [5.41, 5.74) is 5.44. The van der Waals surface area contributed by atoms with Gasteiger partial charge in [-0.3, -0.25) is 9.78 Å². The van der Waals surface area contributed by atoms with Gasteiger partial charge in [-0.15, -0.1) is 0 Å². The van der Waals surface area contributed by atoms with Gasteiger partial charge in [0.1, 0.15) is 17.3 Å². The SMILES string of the molecule is COc1cc(OC)cc(C(=O)c2cnc(=O)[nH]c2N)c1. The van der Waals surface area contributed by atoms with E-state index in [1.807, 2.05) is 0 Å². The van der Waals surface area contributed by atoms with Gasteiger partial charge in [0.05, 0.1) is 19.8 Å². The molecule has 0 aliphatic rings. The zero-order valence-corrected chi connectivity index (χ0v) is 11.0. The lowest BCUT2D eigenvalue weighted by molar-refractivity contribution is 0.103. The predicted molar refractivity (Wildman–Crippen MR) is 72.2 cm³/mol. The lowest BCUT2D eigenvalue weighted by Gasteiger charge is -2.08. The third-order valence-electron chi connectivity index (χ3n) is 2.70. The van der Waals surface area contributed by atoms with Gasteiger partial charge in [0.15, 0.2) is 5.78 Å². The molecule has 0 aliphatic heterocycles. The van der Waals surface area contributed by atoms with Gasteiger partial charge in [-0.1, -0.05) is 0 Å². The summed E-state index contributed by atoms with van der Waals surface area (Å²) >= 11 is 0. The van der Waals surface area contributed by atoms with Crippen LogP contribution in [0.15, 0.2) is 29.2 Å². The Morgan fingerprint density at radius 1 is 1.20 bits per heavy atom. The normalized spacial score (nSPS) is 10.1. The van der Waals surface area contributed by atoms with E-state index in [0.717, 1.165) is 6.20 Å². The molecule has 7 heteroatoms. The van der Waals surface area contributed by atoms with Crippen LogP contribution in [0.1, 0.15) is 15.9 Å². The Labute approximate surface area is 114 Å². The molecule has 0 bridgehead atoms. The molecule has 2 aromatic rings. The molecule has 0 unspecified atom stereocenters. The molecule has 104 valence electrons. The van der Waals surface area contributed by atoms with Crippen LogP contribution in [0, 0.1) is 0 Å². The Morgan fingerprint density at radius 2 is 1.80 bits per heavy atom. The summed E-state index contributed by atoms with van der Waals surface area (Å²) in [5, 5.41) is 0. The van der Waals surface area contributed by atoms with Crippen LogP contribution >= 0.6 is 0 Å². The number of H-pyrrole nitrogens is 1. The van der Waals surface area contributed by atoms with Crippen LogP contribution in [0.25, 0.3) is 0 Å². The summed E-state index contributed by atoms with van der Waals surface area (Å²) in [6, 6.07) is 4.75. The zero-order valence-electron chi connectivity index (χ0n) is 11.0. The molecule has 0 aliphatic carbocycles. The number of nitrogens with one attached hydrogen (secondary N) is 1. The van der Waals surface area contributed by atoms with E-state index in [0.29, 0.717) is 17.1 Å². The molecule has 0 amide bonds. The Hall–Kier alpha value is -2.83. The fourth-order valence-electron chi connectivity index (χ4n) is 1.68. The van der Waals surface area contributed by atoms with Gasteiger partial charge in [0.25, 0.3) is 0 Å². The van der Waals surface area contributed by atoms with Crippen molar-refractivity contribution >= 4 is 11.6 Å². The molecular weight excluding hydrogens is 262 g/mol. The second-order valence-electron chi connectivity index (χ2n) is 3.95. The van der Waals surface area contributed by atoms with Crippen LogP contribution in [0.4, 0.5) is 5.82 Å². The first-order chi connectivity index (χ1) is 9.55. The van der Waals surface area contributed by atoms with E-state index in [1.165, 1.54) is 14.2 Å². The van der Waals surface area contributed by atoms with Crippen molar-refractivity contribution in [3.8, 4) is 11.5 Å². The van der Waals surface area contributed by atoms with Crippen molar-refractivity contribution in [1.82, 2.24) is 9.97 Å². The van der Waals surface area contributed by atoms with Crippen molar-refractivity contribution < 1.29 is 14.3 Å². The second-order valence-corrected chi connectivity index (χ2v) is 3.95. The molecule has 0 spiro atoms. The van der Waals surface area contributed by atoms with E-state index in [4.69, 9.17) is 15.2 Å². The van der Waals surface area contributed by atoms with Crippen molar-refractivity contribution in [2.24, 2.45) is 0 Å². The minimum absolute atomic E-state index is 0.0308. The Morgan fingerprint density at radius 3 is 2.30 bits per heavy atom. The lowest BCUT2D eigenvalue weighted by atomic mass is 10.0. The van der Waals surface area contributed by atoms with Crippen molar-refractivity contribution in [2.45, 2.75) is 0 Å². The molecule has 2 rings (SSSR count). The zero-order chi connectivity index (χ0) is 14.7. The highest BCUT2D eigenvalue weighted by Gasteiger charge is 2.16. The number of aromatic amines is 1. The van der Waals surface area contributed by atoms with Crippen LogP contribution < -0.4 is 20.9 Å². The predicted octanol–water partition coefficient (Wildman–Crippen LogP) is 0.600. The highest BCUT2D eigenvalue weighted by Crippen LogP contribution is 2.24. The number of ether oxygens (including phenoxy) is 2. The Balaban J connectivity index is 2.49. The van der Waals surface area contributed by atoms with Crippen molar-refractivity contribution in [3.63, 3.8) is 0 Å². The van der Waals surface area contributed by atoms with Crippen LogP contribution in [0.2, 0.25) is 0 Å². The second kappa shape index (κ2) is 5.43. The van der Waals surface area contributed by atoms with Gasteiger partial charge in [-0.2, -0.15) is 0 Å². The number of methoxy groups -OCH3 is 2. The third kappa shape index (κ3) is 2.61. The third-order valence-corrected chi connectivity index (χ3v) is 2.70. The average Bonchev–Trinajstić information content (AvgIpc) is 2.46. The molecule has 0 saturated carbocycles. The monoisotopic (exact) mass is 275 g/mol. The number of nitrogen functional groups attached to an aromatic ring is 1. The first-order valence-electron chi connectivity index (χ1n) is 5.67. The Kier molecular flexibility index (Phi) is 3.69. The average molecular weight is 275 g/mol. The molecule has 1 aromatic carbocycles. The maximum absolute atomic E-state index is 12.4. The topological polar surface area (TPSA) is 107 Å². The number of benzene rings is 1. The van der Waals surface area contributed by atoms with Crippen LogP contribution in [-0.4, -0.2) is 30.0 Å². The fraction of sp³-hybridized carbons (Fsp3) is 0.154. The van der Waals surface area contributed by atoms with Crippen molar-refractivity contribution in [2.75, 3.05) is 20.0 Å². The van der Waals surface area contributed by atoms with Gasteiger partial charge in [-0.25, -0.2) is 9.78 Å². The number of hydrogen-bond donors (Lipinski definition) is 2. The molecule has 0 radical (unpaired) electrons. The summed E-state index contributed by atoms with van der Waals surface area (Å²) < 4.78 is 10.2. The quantitative estimate of drug-likeness (QED) is 0.791. The number of nitrogens with zero attached hydrogens (tertiary/aromatic N) is 1. The molecule has 0 saturated heterocycles. The van der Waals surface area contributed by atoms with E-state index in [9.17, 15) is 9.59 Å². The van der Waals surface area contributed by atoms with Crippen LogP contribution in [0.3, 0.4) is 0 Å². The minimum atomic E-state index is -0.609. The molecular formula is C13H13N3O4. The number of hydrogen-bond acceptors (Lipinski definition) is 6. The summed E-state index contributed by atoms with van der Waals surface area (Å²) in [4.78, 5) is 29.1. The van der Waals surface area contributed by atoms with Gasteiger partial charge >= 0.3 is 5.69 Å².